The highest BCUT2D eigenvalue weighted by atomic mass is 79.9. The maximum atomic E-state index is 10.8. The molecule has 0 N–H and O–H groups in total. The maximum Gasteiger partial charge on any atom is 0.409 e. The summed E-state index contributed by atoms with van der Waals surface area (Å²) in [5.41, 5.74) is -0.326. The monoisotopic (exact) mass is 363 g/mol. The van der Waals surface area contributed by atoms with Crippen LogP contribution in [0.4, 0.5) is 4.79 Å². The summed E-state index contributed by atoms with van der Waals surface area (Å²) in [5, 5.41) is 0.846. The minimum Gasteiger partial charge on any atom is -0.411 e. The number of pyridine rings is 1. The topological polar surface area (TPSA) is 39.2 Å². The second-order valence-corrected chi connectivity index (χ2v) is 4.93. The van der Waals surface area contributed by atoms with Crippen molar-refractivity contribution in [2.24, 2.45) is 0 Å². The lowest BCUT2D eigenvalue weighted by Gasteiger charge is -2.08. The van der Waals surface area contributed by atoms with E-state index in [0.29, 0.717) is 15.7 Å². The Kier molecular flexibility index (Phi) is 3.47. The van der Waals surface area contributed by atoms with Gasteiger partial charge in [-0.1, -0.05) is 22.0 Å². The third kappa shape index (κ3) is 2.21. The van der Waals surface area contributed by atoms with Crippen molar-refractivity contribution < 1.29 is 9.53 Å². The molecule has 0 aliphatic heterocycles. The van der Waals surface area contributed by atoms with E-state index in [1.165, 1.54) is 0 Å². The molecule has 82 valence electrons. The van der Waals surface area contributed by atoms with Crippen LogP contribution < -0.4 is 4.74 Å². The van der Waals surface area contributed by atoms with Crippen molar-refractivity contribution in [3.05, 3.63) is 33.3 Å². The number of nitrogens with zero attached hydrogens (tertiary/aromatic N) is 1. The van der Waals surface area contributed by atoms with E-state index >= 15 is 0 Å². The molecule has 0 radical (unpaired) electrons. The third-order valence-corrected chi connectivity index (χ3v) is 3.26. The van der Waals surface area contributed by atoms with Crippen molar-refractivity contribution in [3.63, 3.8) is 0 Å². The summed E-state index contributed by atoms with van der Waals surface area (Å²) in [5.74, 6) is 0.318. The largest absolute Gasteiger partial charge is 0.411 e. The molecule has 6 heteroatoms. The molecule has 0 fully saturated rings. The van der Waals surface area contributed by atoms with Crippen molar-refractivity contribution in [1.82, 2.24) is 4.98 Å². The first kappa shape index (κ1) is 11.8. The van der Waals surface area contributed by atoms with E-state index in [9.17, 15) is 4.79 Å². The van der Waals surface area contributed by atoms with Gasteiger partial charge in [0.15, 0.2) is 5.75 Å². The summed E-state index contributed by atoms with van der Waals surface area (Å²) in [6.07, 6.45) is 1.62. The number of aromatic nitrogens is 1. The van der Waals surface area contributed by atoms with E-state index in [1.807, 2.05) is 6.07 Å². The lowest BCUT2D eigenvalue weighted by atomic mass is 10.2. The van der Waals surface area contributed by atoms with E-state index in [0.717, 1.165) is 9.86 Å². The number of carbonyl (C=O) groups is 1. The summed E-state index contributed by atoms with van der Waals surface area (Å²) in [4.78, 5) is 14.9. The van der Waals surface area contributed by atoms with Crippen LogP contribution in [0, 0.1) is 0 Å². The lowest BCUT2D eigenvalue weighted by Crippen LogP contribution is -1.99. The molecule has 0 unspecified atom stereocenters. The predicted octanol–water partition coefficient (Wildman–Crippen LogP) is 4.50. The zero-order chi connectivity index (χ0) is 11.7. The fraction of sp³-hybridized carbons (Fsp3) is 0. The fourth-order valence-electron chi connectivity index (χ4n) is 1.32. The number of halogens is 3. The van der Waals surface area contributed by atoms with Gasteiger partial charge in [0.1, 0.15) is 5.52 Å². The van der Waals surface area contributed by atoms with Crippen LogP contribution in [0.1, 0.15) is 0 Å². The highest BCUT2D eigenvalue weighted by Gasteiger charge is 2.13. The molecule has 16 heavy (non-hydrogen) atoms. The second kappa shape index (κ2) is 4.69. The highest BCUT2D eigenvalue weighted by molar-refractivity contribution is 9.11. The summed E-state index contributed by atoms with van der Waals surface area (Å²) in [7, 11) is 0. The molecule has 0 aliphatic rings. The van der Waals surface area contributed by atoms with Crippen LogP contribution >= 0.6 is 43.5 Å². The number of carbonyl (C=O) groups excluding carboxylic acids is 1. The Morgan fingerprint density at radius 1 is 1.38 bits per heavy atom. The van der Waals surface area contributed by atoms with Gasteiger partial charge in [-0.15, -0.1) is 0 Å². The molecule has 0 bridgehead atoms. The quantitative estimate of drug-likeness (QED) is 0.699. The summed E-state index contributed by atoms with van der Waals surface area (Å²) >= 11 is 11.9. The van der Waals surface area contributed by atoms with Gasteiger partial charge < -0.3 is 4.74 Å². The molecule has 1 aromatic carbocycles. The normalized spacial score (nSPS) is 10.4. The average Bonchev–Trinajstić information content (AvgIpc) is 2.24. The number of hydrogen-bond acceptors (Lipinski definition) is 3. The highest BCUT2D eigenvalue weighted by Crippen LogP contribution is 2.37. The first-order valence-electron chi connectivity index (χ1n) is 4.19. The van der Waals surface area contributed by atoms with Crippen molar-refractivity contribution in [2.75, 3.05) is 0 Å². The van der Waals surface area contributed by atoms with Crippen LogP contribution in [-0.2, 0) is 0 Å². The molecule has 0 saturated heterocycles. The summed E-state index contributed by atoms with van der Waals surface area (Å²) < 4.78 is 6.38. The number of rotatable bonds is 1. The smallest absolute Gasteiger partial charge is 0.409 e. The number of hydrogen-bond donors (Lipinski definition) is 0. The molecule has 3 nitrogen and oxygen atoms in total. The molecule has 2 rings (SSSR count). The van der Waals surface area contributed by atoms with E-state index < -0.39 is 5.43 Å². The molecule has 0 spiro atoms. The van der Waals surface area contributed by atoms with E-state index in [1.54, 1.807) is 18.3 Å². The Hall–Kier alpha value is -0.650. The Balaban J connectivity index is 2.76. The van der Waals surface area contributed by atoms with Crippen LogP contribution in [-0.4, -0.2) is 10.4 Å². The minimum absolute atomic E-state index is 0.318. The van der Waals surface area contributed by atoms with E-state index in [4.69, 9.17) is 16.3 Å². The Labute approximate surface area is 113 Å². The molecule has 2 aromatic rings. The number of ether oxygens (including phenoxy) is 1. The predicted molar refractivity (Wildman–Crippen MR) is 69.0 cm³/mol. The summed E-state index contributed by atoms with van der Waals surface area (Å²) in [6, 6.07) is 5.44. The van der Waals surface area contributed by atoms with Gasteiger partial charge >= 0.3 is 5.43 Å². The van der Waals surface area contributed by atoms with Gasteiger partial charge in [0.05, 0.1) is 4.47 Å². The molecule has 0 saturated carbocycles. The summed E-state index contributed by atoms with van der Waals surface area (Å²) in [6.45, 7) is 0. The fourth-order valence-corrected chi connectivity index (χ4v) is 2.75. The first-order chi connectivity index (χ1) is 7.59. The lowest BCUT2D eigenvalue weighted by molar-refractivity contribution is 0.226. The zero-order valence-corrected chi connectivity index (χ0v) is 11.6. The van der Waals surface area contributed by atoms with Crippen LogP contribution in [0.2, 0.25) is 0 Å². The molecular formula is C10H4Br2ClNO2. The van der Waals surface area contributed by atoms with Crippen molar-refractivity contribution in [3.8, 4) is 5.75 Å². The second-order valence-electron chi connectivity index (χ2n) is 2.91. The van der Waals surface area contributed by atoms with Gasteiger partial charge in [-0.05, 0) is 28.1 Å². The third-order valence-electron chi connectivity index (χ3n) is 1.93. The van der Waals surface area contributed by atoms with Crippen molar-refractivity contribution >= 4 is 59.8 Å². The van der Waals surface area contributed by atoms with Gasteiger partial charge in [0.25, 0.3) is 0 Å². The minimum atomic E-state index is -0.894. The Bertz CT molecular complexity index is 574. The number of fused-ring (bicyclic) bond motifs is 1. The molecule has 1 heterocycles. The van der Waals surface area contributed by atoms with E-state index in [2.05, 4.69) is 36.8 Å². The van der Waals surface area contributed by atoms with Crippen LogP contribution in [0.5, 0.6) is 5.75 Å². The molecule has 1 aromatic heterocycles. The molecule has 0 amide bonds. The van der Waals surface area contributed by atoms with Crippen LogP contribution in [0.3, 0.4) is 0 Å². The van der Waals surface area contributed by atoms with Crippen LogP contribution in [0.25, 0.3) is 10.9 Å². The van der Waals surface area contributed by atoms with Gasteiger partial charge in [-0.3, -0.25) is 4.98 Å². The van der Waals surface area contributed by atoms with Crippen molar-refractivity contribution in [1.29, 1.82) is 0 Å². The Morgan fingerprint density at radius 3 is 2.81 bits per heavy atom. The van der Waals surface area contributed by atoms with Gasteiger partial charge in [-0.25, -0.2) is 4.79 Å². The van der Waals surface area contributed by atoms with Gasteiger partial charge in [-0.2, -0.15) is 0 Å². The molecule has 0 aliphatic carbocycles. The first-order valence-corrected chi connectivity index (χ1v) is 6.16. The molecular weight excluding hydrogens is 361 g/mol. The molecule has 0 atom stereocenters. The zero-order valence-electron chi connectivity index (χ0n) is 7.71. The van der Waals surface area contributed by atoms with Crippen LogP contribution in [0.15, 0.2) is 33.3 Å². The number of benzene rings is 1. The van der Waals surface area contributed by atoms with Crippen molar-refractivity contribution in [2.45, 2.75) is 0 Å². The van der Waals surface area contributed by atoms with Gasteiger partial charge in [0, 0.05) is 27.7 Å². The average molecular weight is 365 g/mol. The maximum absolute atomic E-state index is 10.8. The van der Waals surface area contributed by atoms with E-state index in [-0.39, 0.29) is 0 Å². The standard InChI is InChI=1S/C10H4Br2ClNO2/c11-6-4-7(12)9(16-10(13)15)8-5(6)2-1-3-14-8/h1-4H. The Morgan fingerprint density at radius 2 is 2.12 bits per heavy atom. The van der Waals surface area contributed by atoms with Gasteiger partial charge in [0.2, 0.25) is 0 Å². The SMILES string of the molecule is O=C(Cl)Oc1c(Br)cc(Br)c2cccnc12.